The van der Waals surface area contributed by atoms with Gasteiger partial charge in [0.05, 0.1) is 0 Å². The Labute approximate surface area is 116 Å². The van der Waals surface area contributed by atoms with Gasteiger partial charge in [-0.25, -0.2) is 0 Å². The van der Waals surface area contributed by atoms with Crippen molar-refractivity contribution in [2.75, 3.05) is 32.4 Å². The summed E-state index contributed by atoms with van der Waals surface area (Å²) in [5, 5.41) is 0. The van der Waals surface area contributed by atoms with Crippen LogP contribution in [-0.2, 0) is 0 Å². The zero-order valence-electron chi connectivity index (χ0n) is 12.2. The van der Waals surface area contributed by atoms with Crippen LogP contribution in [0.2, 0.25) is 0 Å². The minimum atomic E-state index is 0.633. The predicted octanol–water partition coefficient (Wildman–Crippen LogP) is 2.69. The molecule has 18 heavy (non-hydrogen) atoms. The van der Waals surface area contributed by atoms with Gasteiger partial charge >= 0.3 is 0 Å². The molecular weight excluding hydrogens is 240 g/mol. The van der Waals surface area contributed by atoms with E-state index in [0.29, 0.717) is 4.75 Å². The first-order valence-electron chi connectivity index (χ1n) is 7.67. The molecule has 0 aromatic rings. The van der Waals surface area contributed by atoms with Gasteiger partial charge in [-0.3, -0.25) is 9.80 Å². The molecule has 1 saturated carbocycles. The fourth-order valence-electron chi connectivity index (χ4n) is 3.85. The number of nitrogens with zero attached hydrogens (tertiary/aromatic N) is 2. The highest BCUT2D eigenvalue weighted by molar-refractivity contribution is 8.00. The lowest BCUT2D eigenvalue weighted by atomic mass is 9.97. The maximum atomic E-state index is 2.85. The van der Waals surface area contributed by atoms with Crippen LogP contribution in [-0.4, -0.2) is 59.1 Å². The first-order chi connectivity index (χ1) is 8.63. The van der Waals surface area contributed by atoms with E-state index in [-0.39, 0.29) is 0 Å². The van der Waals surface area contributed by atoms with Crippen molar-refractivity contribution in [3.05, 3.63) is 0 Å². The normalized spacial score (nSPS) is 36.0. The zero-order valence-corrected chi connectivity index (χ0v) is 13.0. The molecule has 0 radical (unpaired) electrons. The summed E-state index contributed by atoms with van der Waals surface area (Å²) < 4.78 is 0.633. The Morgan fingerprint density at radius 2 is 2.06 bits per heavy atom. The Morgan fingerprint density at radius 3 is 2.67 bits per heavy atom. The number of fused-ring (bicyclic) bond motifs is 1. The lowest BCUT2D eigenvalue weighted by Gasteiger charge is -2.46. The number of hydrogen-bond donors (Lipinski definition) is 0. The molecule has 2 aliphatic heterocycles. The van der Waals surface area contributed by atoms with E-state index in [2.05, 4.69) is 41.7 Å². The third-order valence-corrected chi connectivity index (χ3v) is 6.74. The summed E-state index contributed by atoms with van der Waals surface area (Å²) in [5.74, 6) is 0.796. The number of piperazine rings is 1. The summed E-state index contributed by atoms with van der Waals surface area (Å²) in [6.45, 7) is 10.2. The molecule has 3 aliphatic rings. The van der Waals surface area contributed by atoms with E-state index in [9.17, 15) is 0 Å². The quantitative estimate of drug-likeness (QED) is 0.774. The van der Waals surface area contributed by atoms with Crippen LogP contribution in [0.25, 0.3) is 0 Å². The van der Waals surface area contributed by atoms with Gasteiger partial charge in [0.1, 0.15) is 0 Å². The smallest absolute Gasteiger partial charge is 0.0285 e. The maximum absolute atomic E-state index is 2.85. The summed E-state index contributed by atoms with van der Waals surface area (Å²) >= 11 is 2.12. The van der Waals surface area contributed by atoms with Gasteiger partial charge in [-0.15, -0.1) is 0 Å². The largest absolute Gasteiger partial charge is 0.298 e. The molecular formula is C15H28N2S. The molecule has 0 aromatic carbocycles. The van der Waals surface area contributed by atoms with Crippen LogP contribution in [0.3, 0.4) is 0 Å². The highest BCUT2D eigenvalue weighted by atomic mass is 32.2. The summed E-state index contributed by atoms with van der Waals surface area (Å²) in [5.41, 5.74) is 0. The molecule has 0 amide bonds. The van der Waals surface area contributed by atoms with E-state index in [4.69, 9.17) is 0 Å². The fourth-order valence-corrected chi connectivity index (χ4v) is 4.66. The molecule has 0 N–H and O–H groups in total. The highest BCUT2D eigenvalue weighted by Crippen LogP contribution is 2.48. The molecule has 2 saturated heterocycles. The average Bonchev–Trinajstić information content (AvgIpc) is 2.97. The third-order valence-electron chi connectivity index (χ3n) is 5.34. The molecule has 104 valence electrons. The topological polar surface area (TPSA) is 6.48 Å². The number of rotatable bonds is 4. The molecule has 2 unspecified atom stereocenters. The first-order valence-corrected chi connectivity index (χ1v) is 8.89. The van der Waals surface area contributed by atoms with Crippen LogP contribution in [0.5, 0.6) is 0 Å². The van der Waals surface area contributed by atoms with E-state index in [1.54, 1.807) is 0 Å². The molecule has 2 atom stereocenters. The summed E-state index contributed by atoms with van der Waals surface area (Å²) in [6, 6.07) is 1.67. The first kappa shape index (κ1) is 13.3. The average molecular weight is 268 g/mol. The van der Waals surface area contributed by atoms with Gasteiger partial charge in [-0.1, -0.05) is 13.8 Å². The maximum Gasteiger partial charge on any atom is 0.0285 e. The molecule has 1 aliphatic carbocycles. The van der Waals surface area contributed by atoms with E-state index in [1.807, 2.05) is 0 Å². The highest BCUT2D eigenvalue weighted by Gasteiger charge is 2.46. The molecule has 0 spiro atoms. The Balaban J connectivity index is 1.69. The summed E-state index contributed by atoms with van der Waals surface area (Å²) in [4.78, 5) is 5.61. The molecule has 0 aromatic heterocycles. The minimum Gasteiger partial charge on any atom is -0.298 e. The van der Waals surface area contributed by atoms with E-state index in [1.165, 1.54) is 51.9 Å². The van der Waals surface area contributed by atoms with Crippen molar-refractivity contribution in [3.8, 4) is 0 Å². The second kappa shape index (κ2) is 4.99. The lowest BCUT2D eigenvalue weighted by molar-refractivity contribution is 0.0286. The van der Waals surface area contributed by atoms with Gasteiger partial charge in [0.15, 0.2) is 0 Å². The van der Waals surface area contributed by atoms with Crippen molar-refractivity contribution in [1.82, 2.24) is 9.80 Å². The van der Waals surface area contributed by atoms with Gasteiger partial charge in [-0.05, 0) is 44.4 Å². The second-order valence-corrected chi connectivity index (χ2v) is 8.19. The van der Waals surface area contributed by atoms with Gasteiger partial charge in [0.2, 0.25) is 0 Å². The van der Waals surface area contributed by atoms with Crippen LogP contribution in [0.4, 0.5) is 0 Å². The second-order valence-electron chi connectivity index (χ2n) is 6.92. The molecule has 3 fully saturated rings. The SMILES string of the molecule is CSC1(CN2CC3CCCN3CC2C(C)C)CC1. The summed E-state index contributed by atoms with van der Waals surface area (Å²) in [6.07, 6.45) is 8.07. The Hall–Kier alpha value is 0.270. The Bertz CT molecular complexity index is 301. The van der Waals surface area contributed by atoms with Crippen molar-refractivity contribution < 1.29 is 0 Å². The molecule has 2 heterocycles. The standard InChI is InChI=1S/C15H28N2S/c1-12(2)14-10-16-8-4-5-13(16)9-17(14)11-15(18-3)6-7-15/h12-14H,4-11H2,1-3H3. The monoisotopic (exact) mass is 268 g/mol. The Kier molecular flexibility index (Phi) is 3.68. The number of thioether (sulfide) groups is 1. The van der Waals surface area contributed by atoms with Crippen LogP contribution >= 0.6 is 11.8 Å². The number of hydrogen-bond acceptors (Lipinski definition) is 3. The third kappa shape index (κ3) is 2.46. The molecule has 0 bridgehead atoms. The molecule has 3 rings (SSSR count). The summed E-state index contributed by atoms with van der Waals surface area (Å²) in [7, 11) is 0. The van der Waals surface area contributed by atoms with Crippen molar-refractivity contribution in [2.24, 2.45) is 5.92 Å². The molecule has 2 nitrogen and oxygen atoms in total. The lowest BCUT2D eigenvalue weighted by Crippen LogP contribution is -2.59. The van der Waals surface area contributed by atoms with E-state index in [0.717, 1.165) is 18.0 Å². The zero-order chi connectivity index (χ0) is 12.8. The van der Waals surface area contributed by atoms with Gasteiger partial charge in [0.25, 0.3) is 0 Å². The van der Waals surface area contributed by atoms with E-state index >= 15 is 0 Å². The van der Waals surface area contributed by atoms with Crippen LogP contribution < -0.4 is 0 Å². The molecule has 3 heteroatoms. The van der Waals surface area contributed by atoms with Gasteiger partial charge < -0.3 is 0 Å². The van der Waals surface area contributed by atoms with Crippen LogP contribution in [0.1, 0.15) is 39.5 Å². The fraction of sp³-hybridized carbons (Fsp3) is 1.00. The van der Waals surface area contributed by atoms with Crippen molar-refractivity contribution in [2.45, 2.75) is 56.4 Å². The predicted molar refractivity (Wildman–Crippen MR) is 80.3 cm³/mol. The van der Waals surface area contributed by atoms with Gasteiger partial charge in [0, 0.05) is 36.5 Å². The van der Waals surface area contributed by atoms with Crippen molar-refractivity contribution in [1.29, 1.82) is 0 Å². The van der Waals surface area contributed by atoms with Crippen molar-refractivity contribution in [3.63, 3.8) is 0 Å². The van der Waals surface area contributed by atoms with Crippen LogP contribution in [0, 0.1) is 5.92 Å². The van der Waals surface area contributed by atoms with E-state index < -0.39 is 0 Å². The van der Waals surface area contributed by atoms with Crippen LogP contribution in [0.15, 0.2) is 0 Å². The minimum absolute atomic E-state index is 0.633. The van der Waals surface area contributed by atoms with Gasteiger partial charge in [-0.2, -0.15) is 11.8 Å². The Morgan fingerprint density at radius 1 is 1.28 bits per heavy atom. The van der Waals surface area contributed by atoms with Crippen molar-refractivity contribution >= 4 is 11.8 Å².